The van der Waals surface area contributed by atoms with E-state index in [9.17, 15) is 0 Å². The Morgan fingerprint density at radius 2 is 1.41 bits per heavy atom. The molecule has 0 aromatic rings. The lowest BCUT2D eigenvalue weighted by Gasteiger charge is -2.33. The van der Waals surface area contributed by atoms with Gasteiger partial charge in [-0.15, -0.1) is 0 Å². The van der Waals surface area contributed by atoms with E-state index < -0.39 is 0 Å². The van der Waals surface area contributed by atoms with Gasteiger partial charge in [-0.3, -0.25) is 0 Å². The zero-order valence-electron chi connectivity index (χ0n) is 12.2. The molecule has 0 aromatic heterocycles. The van der Waals surface area contributed by atoms with Gasteiger partial charge in [-0.25, -0.2) is 0 Å². The van der Waals surface area contributed by atoms with E-state index in [1.54, 1.807) is 0 Å². The molecular weight excluding hydrogens is 208 g/mol. The number of nitrogens with zero attached hydrogens (tertiary/aromatic N) is 2. The van der Waals surface area contributed by atoms with Gasteiger partial charge in [0.15, 0.2) is 0 Å². The van der Waals surface area contributed by atoms with Crippen LogP contribution in [0, 0.1) is 0 Å². The maximum Gasteiger partial charge on any atom is 0.0109 e. The third-order valence-corrected chi connectivity index (χ3v) is 4.05. The molecule has 0 atom stereocenters. The van der Waals surface area contributed by atoms with E-state index in [0.29, 0.717) is 0 Å². The van der Waals surface area contributed by atoms with Crippen molar-refractivity contribution in [3.8, 4) is 0 Å². The van der Waals surface area contributed by atoms with Gasteiger partial charge in [0.25, 0.3) is 0 Å². The number of hydrogen-bond acceptors (Lipinski definition) is 2. The number of hydrogen-bond donors (Lipinski definition) is 0. The summed E-state index contributed by atoms with van der Waals surface area (Å²) in [6.45, 7) is 9.62. The van der Waals surface area contributed by atoms with Crippen molar-refractivity contribution in [3.63, 3.8) is 0 Å². The lowest BCUT2D eigenvalue weighted by atomic mass is 9.94. The van der Waals surface area contributed by atoms with Crippen LogP contribution in [0.1, 0.15) is 58.8 Å². The van der Waals surface area contributed by atoms with Crippen LogP contribution in [0.25, 0.3) is 0 Å². The molecule has 1 rings (SSSR count). The van der Waals surface area contributed by atoms with Crippen LogP contribution in [0.5, 0.6) is 0 Å². The topological polar surface area (TPSA) is 6.48 Å². The maximum atomic E-state index is 2.62. The van der Waals surface area contributed by atoms with Gasteiger partial charge >= 0.3 is 0 Å². The van der Waals surface area contributed by atoms with E-state index in [4.69, 9.17) is 0 Å². The highest BCUT2D eigenvalue weighted by Crippen LogP contribution is 2.21. The Morgan fingerprint density at radius 3 is 1.94 bits per heavy atom. The molecular formula is C15H32N2. The minimum absolute atomic E-state index is 0.869. The fourth-order valence-electron chi connectivity index (χ4n) is 2.97. The summed E-state index contributed by atoms with van der Waals surface area (Å²) in [5.41, 5.74) is 0. The summed E-state index contributed by atoms with van der Waals surface area (Å²) in [5, 5.41) is 0. The highest BCUT2D eigenvalue weighted by atomic mass is 15.2. The predicted octanol–water partition coefficient (Wildman–Crippen LogP) is 3.37. The maximum absolute atomic E-state index is 2.62. The lowest BCUT2D eigenvalue weighted by Crippen LogP contribution is -2.40. The quantitative estimate of drug-likeness (QED) is 0.642. The van der Waals surface area contributed by atoms with Gasteiger partial charge in [0, 0.05) is 19.1 Å². The van der Waals surface area contributed by atoms with Gasteiger partial charge in [-0.05, 0) is 45.8 Å². The molecule has 0 radical (unpaired) electrons. The fraction of sp³-hybridized carbons (Fsp3) is 1.00. The standard InChI is InChI=1S/C15H32N2/c1-4-11-17(12-5-2)14-13-16(3)15-9-7-6-8-10-15/h15H,4-14H2,1-3H3. The first kappa shape index (κ1) is 15.0. The van der Waals surface area contributed by atoms with E-state index in [1.165, 1.54) is 71.1 Å². The van der Waals surface area contributed by atoms with Gasteiger partial charge in [0.2, 0.25) is 0 Å². The summed E-state index contributed by atoms with van der Waals surface area (Å²) < 4.78 is 0. The third-order valence-electron chi connectivity index (χ3n) is 4.05. The molecule has 2 heteroatoms. The van der Waals surface area contributed by atoms with Crippen LogP contribution in [0.3, 0.4) is 0 Å². The zero-order valence-corrected chi connectivity index (χ0v) is 12.2. The molecule has 0 aliphatic heterocycles. The van der Waals surface area contributed by atoms with Crippen molar-refractivity contribution in [2.75, 3.05) is 33.2 Å². The van der Waals surface area contributed by atoms with Crippen LogP contribution in [0.2, 0.25) is 0 Å². The molecule has 1 aliphatic rings. The van der Waals surface area contributed by atoms with Crippen LogP contribution in [0.4, 0.5) is 0 Å². The highest BCUT2D eigenvalue weighted by Gasteiger charge is 2.17. The average molecular weight is 240 g/mol. The second-order valence-electron chi connectivity index (χ2n) is 5.61. The fourth-order valence-corrected chi connectivity index (χ4v) is 2.97. The van der Waals surface area contributed by atoms with Crippen molar-refractivity contribution >= 4 is 0 Å². The van der Waals surface area contributed by atoms with Crippen molar-refractivity contribution < 1.29 is 0 Å². The van der Waals surface area contributed by atoms with Gasteiger partial charge < -0.3 is 9.80 Å². The molecule has 0 amide bonds. The summed E-state index contributed by atoms with van der Waals surface area (Å²) in [7, 11) is 2.33. The van der Waals surface area contributed by atoms with Crippen LogP contribution >= 0.6 is 0 Å². The molecule has 17 heavy (non-hydrogen) atoms. The van der Waals surface area contributed by atoms with Crippen molar-refractivity contribution in [2.24, 2.45) is 0 Å². The van der Waals surface area contributed by atoms with Gasteiger partial charge in [-0.2, -0.15) is 0 Å². The van der Waals surface area contributed by atoms with Gasteiger partial charge in [0.1, 0.15) is 0 Å². The Kier molecular flexibility index (Phi) is 7.87. The van der Waals surface area contributed by atoms with E-state index in [2.05, 4.69) is 30.7 Å². The first-order valence-electron chi connectivity index (χ1n) is 7.70. The largest absolute Gasteiger partial charge is 0.302 e. The Balaban J connectivity index is 2.21. The monoisotopic (exact) mass is 240 g/mol. The van der Waals surface area contributed by atoms with Gasteiger partial charge in [-0.1, -0.05) is 33.1 Å². The lowest BCUT2D eigenvalue weighted by molar-refractivity contribution is 0.160. The number of likely N-dealkylation sites (N-methyl/N-ethyl adjacent to an activating group) is 1. The Morgan fingerprint density at radius 1 is 0.824 bits per heavy atom. The van der Waals surface area contributed by atoms with Crippen molar-refractivity contribution in [1.29, 1.82) is 0 Å². The first-order chi connectivity index (χ1) is 8.27. The zero-order chi connectivity index (χ0) is 12.5. The molecule has 1 aliphatic carbocycles. The molecule has 0 heterocycles. The summed E-state index contributed by atoms with van der Waals surface area (Å²) >= 11 is 0. The van der Waals surface area contributed by atoms with E-state index >= 15 is 0 Å². The summed E-state index contributed by atoms with van der Waals surface area (Å²) in [6, 6.07) is 0.869. The second kappa shape index (κ2) is 8.93. The van der Waals surface area contributed by atoms with E-state index in [0.717, 1.165) is 6.04 Å². The Hall–Kier alpha value is -0.0800. The van der Waals surface area contributed by atoms with E-state index in [1.807, 2.05) is 0 Å². The normalized spacial score (nSPS) is 18.2. The Labute approximate surface area is 108 Å². The summed E-state index contributed by atoms with van der Waals surface area (Å²) in [4.78, 5) is 5.23. The smallest absolute Gasteiger partial charge is 0.0109 e. The Bertz CT molecular complexity index is 170. The summed E-state index contributed by atoms with van der Waals surface area (Å²) in [5.74, 6) is 0. The third kappa shape index (κ3) is 5.87. The minimum Gasteiger partial charge on any atom is -0.302 e. The molecule has 0 saturated heterocycles. The van der Waals surface area contributed by atoms with Crippen LogP contribution in [-0.4, -0.2) is 49.1 Å². The molecule has 1 saturated carbocycles. The molecule has 0 spiro atoms. The molecule has 0 N–H and O–H groups in total. The van der Waals surface area contributed by atoms with Gasteiger partial charge in [0.05, 0.1) is 0 Å². The predicted molar refractivity (Wildman–Crippen MR) is 76.5 cm³/mol. The van der Waals surface area contributed by atoms with Crippen molar-refractivity contribution in [3.05, 3.63) is 0 Å². The molecule has 0 aromatic carbocycles. The highest BCUT2D eigenvalue weighted by molar-refractivity contribution is 4.74. The number of rotatable bonds is 8. The van der Waals surface area contributed by atoms with Crippen LogP contribution < -0.4 is 0 Å². The summed E-state index contributed by atoms with van der Waals surface area (Å²) in [6.07, 6.45) is 9.78. The van der Waals surface area contributed by atoms with Crippen molar-refractivity contribution in [2.45, 2.75) is 64.8 Å². The minimum atomic E-state index is 0.869. The molecule has 2 nitrogen and oxygen atoms in total. The molecule has 1 fully saturated rings. The average Bonchev–Trinajstić information content (AvgIpc) is 2.37. The van der Waals surface area contributed by atoms with Crippen molar-refractivity contribution in [1.82, 2.24) is 9.80 Å². The van der Waals surface area contributed by atoms with Crippen LogP contribution in [0.15, 0.2) is 0 Å². The molecule has 0 bridgehead atoms. The SMILES string of the molecule is CCCN(CCC)CCN(C)C1CCCCC1. The molecule has 102 valence electrons. The first-order valence-corrected chi connectivity index (χ1v) is 7.70. The second-order valence-corrected chi connectivity index (χ2v) is 5.61. The molecule has 0 unspecified atom stereocenters. The van der Waals surface area contributed by atoms with E-state index in [-0.39, 0.29) is 0 Å². The van der Waals surface area contributed by atoms with Crippen LogP contribution in [-0.2, 0) is 0 Å².